The summed E-state index contributed by atoms with van der Waals surface area (Å²) in [6, 6.07) is 3.15. The number of esters is 1. The molecule has 0 aliphatic heterocycles. The molecule has 0 radical (unpaired) electrons. The number of phenolic OH excluding ortho intramolecular Hbond substituents is 1. The molecule has 5 nitrogen and oxygen atoms in total. The molecule has 0 aliphatic carbocycles. The lowest BCUT2D eigenvalue weighted by atomic mass is 10.1. The highest BCUT2D eigenvalue weighted by molar-refractivity contribution is 5.88. The van der Waals surface area contributed by atoms with Gasteiger partial charge >= 0.3 is 18.1 Å². The number of rotatable bonds is 3. The molecule has 2 N–H and O–H groups in total. The number of amides is 1. The van der Waals surface area contributed by atoms with Crippen LogP contribution in [0.1, 0.15) is 11.6 Å². The first kappa shape index (κ1) is 14.8. The van der Waals surface area contributed by atoms with Crippen LogP contribution in [0.4, 0.5) is 13.2 Å². The SMILES string of the molecule is COC(=O)[C@H](NC(=O)C(F)(F)F)c1ccc(O)cc1. The van der Waals surface area contributed by atoms with Gasteiger partial charge in [-0.1, -0.05) is 12.1 Å². The van der Waals surface area contributed by atoms with Crippen LogP contribution in [0.3, 0.4) is 0 Å². The van der Waals surface area contributed by atoms with Gasteiger partial charge in [0.2, 0.25) is 0 Å². The Labute approximate surface area is 106 Å². The van der Waals surface area contributed by atoms with Crippen molar-refractivity contribution in [3.63, 3.8) is 0 Å². The van der Waals surface area contributed by atoms with Gasteiger partial charge in [-0.2, -0.15) is 13.2 Å². The van der Waals surface area contributed by atoms with Crippen LogP contribution in [0, 0.1) is 0 Å². The van der Waals surface area contributed by atoms with Gasteiger partial charge in [-0.15, -0.1) is 0 Å². The Hall–Kier alpha value is -2.25. The smallest absolute Gasteiger partial charge is 0.471 e. The van der Waals surface area contributed by atoms with Gasteiger partial charge in [-0.3, -0.25) is 4.79 Å². The second-order valence-electron chi connectivity index (χ2n) is 3.52. The summed E-state index contributed by atoms with van der Waals surface area (Å²) in [6.07, 6.45) is -5.11. The number of aromatic hydroxyl groups is 1. The normalized spacial score (nSPS) is 12.6. The van der Waals surface area contributed by atoms with Gasteiger partial charge in [0.1, 0.15) is 5.75 Å². The summed E-state index contributed by atoms with van der Waals surface area (Å²) >= 11 is 0. The number of halogens is 3. The van der Waals surface area contributed by atoms with Crippen molar-refractivity contribution in [2.45, 2.75) is 12.2 Å². The predicted molar refractivity (Wildman–Crippen MR) is 57.1 cm³/mol. The van der Waals surface area contributed by atoms with Gasteiger partial charge in [0.25, 0.3) is 0 Å². The van der Waals surface area contributed by atoms with Crippen molar-refractivity contribution in [3.8, 4) is 5.75 Å². The molecule has 0 spiro atoms. The van der Waals surface area contributed by atoms with Crippen molar-refractivity contribution in [2.24, 2.45) is 0 Å². The van der Waals surface area contributed by atoms with E-state index in [9.17, 15) is 22.8 Å². The highest BCUT2D eigenvalue weighted by Gasteiger charge is 2.41. The number of hydrogen-bond donors (Lipinski definition) is 2. The van der Waals surface area contributed by atoms with Crippen molar-refractivity contribution in [1.82, 2.24) is 5.32 Å². The van der Waals surface area contributed by atoms with Crippen LogP contribution in [0.25, 0.3) is 0 Å². The summed E-state index contributed by atoms with van der Waals surface area (Å²) in [7, 11) is 0.982. The average Bonchev–Trinajstić information content (AvgIpc) is 2.35. The highest BCUT2D eigenvalue weighted by Crippen LogP contribution is 2.21. The number of carbonyl (C=O) groups excluding carboxylic acids is 2. The maximum absolute atomic E-state index is 12.2. The Morgan fingerprint density at radius 2 is 1.79 bits per heavy atom. The summed E-state index contributed by atoms with van der Waals surface area (Å²) in [6.45, 7) is 0. The lowest BCUT2D eigenvalue weighted by molar-refractivity contribution is -0.175. The molecule has 1 atom stereocenters. The zero-order valence-corrected chi connectivity index (χ0v) is 9.69. The summed E-state index contributed by atoms with van der Waals surface area (Å²) < 4.78 is 40.8. The molecule has 8 heteroatoms. The predicted octanol–water partition coefficient (Wildman–Crippen LogP) is 1.28. The molecule has 0 heterocycles. The summed E-state index contributed by atoms with van der Waals surface area (Å²) in [4.78, 5) is 22.2. The molecule has 1 amide bonds. The van der Waals surface area contributed by atoms with E-state index < -0.39 is 24.1 Å². The Balaban J connectivity index is 2.99. The Morgan fingerprint density at radius 1 is 1.26 bits per heavy atom. The van der Waals surface area contributed by atoms with E-state index in [0.717, 1.165) is 7.11 Å². The number of hydrogen-bond acceptors (Lipinski definition) is 4. The third kappa shape index (κ3) is 3.87. The minimum absolute atomic E-state index is 0.0576. The van der Waals surface area contributed by atoms with E-state index in [4.69, 9.17) is 5.11 Å². The van der Waals surface area contributed by atoms with Crippen LogP contribution in [-0.2, 0) is 14.3 Å². The zero-order chi connectivity index (χ0) is 14.6. The van der Waals surface area contributed by atoms with Crippen LogP contribution >= 0.6 is 0 Å². The van der Waals surface area contributed by atoms with E-state index in [1.54, 1.807) is 0 Å². The second-order valence-corrected chi connectivity index (χ2v) is 3.52. The molecule has 0 fully saturated rings. The fourth-order valence-corrected chi connectivity index (χ4v) is 1.28. The van der Waals surface area contributed by atoms with E-state index in [0.29, 0.717) is 0 Å². The number of alkyl halides is 3. The van der Waals surface area contributed by atoms with E-state index in [2.05, 4.69) is 4.74 Å². The fourth-order valence-electron chi connectivity index (χ4n) is 1.28. The van der Waals surface area contributed by atoms with Crippen molar-refractivity contribution >= 4 is 11.9 Å². The standard InChI is InChI=1S/C11H10F3NO4/c1-19-9(17)8(15-10(18)11(12,13)14)6-2-4-7(16)5-3-6/h2-5,8,16H,1H3,(H,15,18)/t8-/m1/s1. The first-order valence-electron chi connectivity index (χ1n) is 5.00. The maximum Gasteiger partial charge on any atom is 0.471 e. The minimum Gasteiger partial charge on any atom is -0.508 e. The van der Waals surface area contributed by atoms with Crippen molar-refractivity contribution in [3.05, 3.63) is 29.8 Å². The van der Waals surface area contributed by atoms with E-state index in [1.165, 1.54) is 29.6 Å². The van der Waals surface area contributed by atoms with E-state index in [1.807, 2.05) is 0 Å². The number of benzene rings is 1. The van der Waals surface area contributed by atoms with Gasteiger partial charge < -0.3 is 15.2 Å². The first-order chi connectivity index (χ1) is 8.75. The van der Waals surface area contributed by atoms with Crippen LogP contribution in [0.15, 0.2) is 24.3 Å². The number of methoxy groups -OCH3 is 1. The molecule has 1 rings (SSSR count). The number of carbonyl (C=O) groups is 2. The molecule has 1 aromatic rings. The largest absolute Gasteiger partial charge is 0.508 e. The molecule has 0 bridgehead atoms. The highest BCUT2D eigenvalue weighted by atomic mass is 19.4. The van der Waals surface area contributed by atoms with Gasteiger partial charge in [-0.05, 0) is 17.7 Å². The zero-order valence-electron chi connectivity index (χ0n) is 9.69. The quantitative estimate of drug-likeness (QED) is 0.816. The Kier molecular flexibility index (Phi) is 4.36. The van der Waals surface area contributed by atoms with E-state index >= 15 is 0 Å². The lowest BCUT2D eigenvalue weighted by Gasteiger charge is -2.17. The van der Waals surface area contributed by atoms with Gasteiger partial charge in [0, 0.05) is 0 Å². The summed E-state index contributed by atoms with van der Waals surface area (Å²) in [5.74, 6) is -3.44. The molecule has 1 aromatic carbocycles. The topological polar surface area (TPSA) is 75.6 Å². The second kappa shape index (κ2) is 5.59. The van der Waals surface area contributed by atoms with E-state index in [-0.39, 0.29) is 11.3 Å². The molecule has 0 saturated heterocycles. The molecule has 0 aliphatic rings. The molecule has 104 valence electrons. The third-order valence-electron chi connectivity index (χ3n) is 2.20. The molecular weight excluding hydrogens is 267 g/mol. The van der Waals surface area contributed by atoms with Crippen molar-refractivity contribution in [2.75, 3.05) is 7.11 Å². The summed E-state index contributed by atoms with van der Waals surface area (Å²) in [5.41, 5.74) is 0.0576. The average molecular weight is 277 g/mol. The minimum atomic E-state index is -5.11. The fraction of sp³-hybridized carbons (Fsp3) is 0.273. The van der Waals surface area contributed by atoms with Crippen molar-refractivity contribution in [1.29, 1.82) is 0 Å². The number of ether oxygens (including phenoxy) is 1. The summed E-state index contributed by atoms with van der Waals surface area (Å²) in [5, 5.41) is 10.6. The first-order valence-corrected chi connectivity index (χ1v) is 5.00. The Bertz CT molecular complexity index is 470. The molecule has 0 aromatic heterocycles. The van der Waals surface area contributed by atoms with Crippen LogP contribution in [0.5, 0.6) is 5.75 Å². The van der Waals surface area contributed by atoms with Crippen LogP contribution < -0.4 is 5.32 Å². The van der Waals surface area contributed by atoms with Crippen LogP contribution in [-0.4, -0.2) is 30.3 Å². The monoisotopic (exact) mass is 277 g/mol. The molecular formula is C11H10F3NO4. The molecule has 0 unspecified atom stereocenters. The maximum atomic E-state index is 12.2. The molecule has 19 heavy (non-hydrogen) atoms. The number of phenols is 1. The third-order valence-corrected chi connectivity index (χ3v) is 2.20. The van der Waals surface area contributed by atoms with Gasteiger partial charge in [-0.25, -0.2) is 4.79 Å². The number of nitrogens with one attached hydrogen (secondary N) is 1. The Morgan fingerprint density at radius 3 is 2.21 bits per heavy atom. The lowest BCUT2D eigenvalue weighted by Crippen LogP contribution is -2.42. The van der Waals surface area contributed by atoms with Crippen LogP contribution in [0.2, 0.25) is 0 Å². The van der Waals surface area contributed by atoms with Gasteiger partial charge in [0.15, 0.2) is 6.04 Å². The van der Waals surface area contributed by atoms with Crippen molar-refractivity contribution < 1.29 is 32.6 Å². The molecule has 0 saturated carbocycles. The van der Waals surface area contributed by atoms with Gasteiger partial charge in [0.05, 0.1) is 7.11 Å².